The van der Waals surface area contributed by atoms with Gasteiger partial charge in [0.05, 0.1) is 5.56 Å². The molecule has 0 spiro atoms. The molecule has 1 fully saturated rings. The van der Waals surface area contributed by atoms with Crippen molar-refractivity contribution in [3.8, 4) is 0 Å². The van der Waals surface area contributed by atoms with Gasteiger partial charge in [-0.25, -0.2) is 0 Å². The van der Waals surface area contributed by atoms with Gasteiger partial charge < -0.3 is 10.2 Å². The maximum Gasteiger partial charge on any atom is 0.416 e. The van der Waals surface area contributed by atoms with Crippen LogP contribution in [-0.4, -0.2) is 53.4 Å². The van der Waals surface area contributed by atoms with Gasteiger partial charge >= 0.3 is 6.18 Å². The highest BCUT2D eigenvalue weighted by atomic mass is 19.4. The molecule has 1 saturated heterocycles. The Morgan fingerprint density at radius 3 is 2.24 bits per heavy atom. The van der Waals surface area contributed by atoms with Gasteiger partial charge in [-0.15, -0.1) is 0 Å². The van der Waals surface area contributed by atoms with Crippen molar-refractivity contribution in [2.24, 2.45) is 0 Å². The van der Waals surface area contributed by atoms with Crippen LogP contribution in [0.4, 0.5) is 18.9 Å². The Morgan fingerprint density at radius 1 is 1.03 bits per heavy atom. The van der Waals surface area contributed by atoms with Crippen LogP contribution in [0, 0.1) is 6.92 Å². The van der Waals surface area contributed by atoms with E-state index in [1.807, 2.05) is 24.0 Å². The number of hydrogen-bond donors (Lipinski definition) is 1. The molecule has 1 aliphatic rings. The van der Waals surface area contributed by atoms with Crippen molar-refractivity contribution in [2.75, 3.05) is 38.0 Å². The van der Waals surface area contributed by atoms with E-state index in [2.05, 4.69) is 42.9 Å². The number of rotatable bonds is 5. The number of anilines is 1. The van der Waals surface area contributed by atoms with E-state index in [9.17, 15) is 18.0 Å². The molecule has 2 heterocycles. The van der Waals surface area contributed by atoms with Crippen LogP contribution < -0.4 is 5.32 Å². The molecule has 1 amide bonds. The van der Waals surface area contributed by atoms with E-state index in [0.717, 1.165) is 36.8 Å². The third-order valence-electron chi connectivity index (χ3n) is 6.13. The molecular weight excluding hydrogens is 429 g/mol. The minimum atomic E-state index is -4.57. The van der Waals surface area contributed by atoms with Crippen molar-refractivity contribution >= 4 is 11.6 Å². The largest absolute Gasteiger partial charge is 0.416 e. The molecule has 0 unspecified atom stereocenters. The molecule has 0 aliphatic carbocycles. The summed E-state index contributed by atoms with van der Waals surface area (Å²) in [5, 5.41) is 2.70. The first-order valence-electron chi connectivity index (χ1n) is 11.3. The molecule has 0 radical (unpaired) electrons. The Balaban J connectivity index is 1.81. The normalized spacial score (nSPS) is 16.1. The van der Waals surface area contributed by atoms with Crippen molar-refractivity contribution in [1.82, 2.24) is 14.8 Å². The number of carbonyl (C=O) groups excluding carboxylic acids is 1. The summed E-state index contributed by atoms with van der Waals surface area (Å²) >= 11 is 0. The third kappa shape index (κ3) is 6.32. The molecule has 33 heavy (non-hydrogen) atoms. The predicted molar refractivity (Wildman–Crippen MR) is 124 cm³/mol. The van der Waals surface area contributed by atoms with Crippen molar-refractivity contribution in [2.45, 2.75) is 52.8 Å². The number of nitrogens with one attached hydrogen (secondary N) is 1. The van der Waals surface area contributed by atoms with E-state index < -0.39 is 17.6 Å². The quantitative estimate of drug-likeness (QED) is 0.672. The van der Waals surface area contributed by atoms with E-state index >= 15 is 0 Å². The Kier molecular flexibility index (Phi) is 7.49. The number of carbonyl (C=O) groups is 1. The van der Waals surface area contributed by atoms with Crippen molar-refractivity contribution < 1.29 is 18.0 Å². The molecule has 1 aromatic heterocycles. The van der Waals surface area contributed by atoms with Gasteiger partial charge in [0.25, 0.3) is 5.91 Å². The number of amides is 1. The number of piperazine rings is 1. The Bertz CT molecular complexity index is 990. The maximum absolute atomic E-state index is 13.8. The molecule has 0 bridgehead atoms. The summed E-state index contributed by atoms with van der Waals surface area (Å²) in [6.45, 7) is 14.4. The summed E-state index contributed by atoms with van der Waals surface area (Å²) in [7, 11) is 0. The highest BCUT2D eigenvalue weighted by Crippen LogP contribution is 2.33. The first-order chi connectivity index (χ1) is 15.4. The van der Waals surface area contributed by atoms with Gasteiger partial charge in [-0.2, -0.15) is 13.2 Å². The number of pyridine rings is 1. The van der Waals surface area contributed by atoms with Crippen molar-refractivity contribution in [3.05, 3.63) is 58.4 Å². The van der Waals surface area contributed by atoms with Crippen LogP contribution in [0.2, 0.25) is 0 Å². The highest BCUT2D eigenvalue weighted by molar-refractivity contribution is 6.03. The Labute approximate surface area is 194 Å². The highest BCUT2D eigenvalue weighted by Gasteiger charge is 2.35. The summed E-state index contributed by atoms with van der Waals surface area (Å²) in [4.78, 5) is 21.1. The number of aromatic nitrogens is 1. The smallest absolute Gasteiger partial charge is 0.321 e. The van der Waals surface area contributed by atoms with E-state index in [4.69, 9.17) is 0 Å². The first kappa shape index (κ1) is 25.2. The van der Waals surface area contributed by atoms with Gasteiger partial charge in [-0.05, 0) is 53.8 Å². The van der Waals surface area contributed by atoms with Crippen LogP contribution in [0.25, 0.3) is 0 Å². The second-order valence-electron chi connectivity index (χ2n) is 9.67. The first-order valence-corrected chi connectivity index (χ1v) is 11.3. The second kappa shape index (κ2) is 9.81. The predicted octanol–water partition coefficient (Wildman–Crippen LogP) is 5.10. The summed E-state index contributed by atoms with van der Waals surface area (Å²) in [5.41, 5.74) is 1.58. The summed E-state index contributed by atoms with van der Waals surface area (Å²) < 4.78 is 41.5. The Hall–Kier alpha value is -2.45. The van der Waals surface area contributed by atoms with E-state index in [0.29, 0.717) is 18.8 Å². The summed E-state index contributed by atoms with van der Waals surface area (Å²) in [5.74, 6) is -0.660. The lowest BCUT2D eigenvalue weighted by molar-refractivity contribution is -0.138. The molecule has 0 atom stereocenters. The number of halogens is 3. The molecule has 0 saturated carbocycles. The van der Waals surface area contributed by atoms with Crippen LogP contribution in [0.3, 0.4) is 0 Å². The standard InChI is InChI=1S/C25H33F3N4O/c1-6-31-9-11-32(12-10-31)16-18-15-29-22(14-21(18)25(26,27)28)23(33)30-19-8-7-17(2)20(13-19)24(3,4)5/h7-8,13-15H,6,9-12,16H2,1-5H3,(H,30,33). The van der Waals surface area contributed by atoms with E-state index in [1.165, 1.54) is 6.20 Å². The van der Waals surface area contributed by atoms with Crippen LogP contribution in [0.5, 0.6) is 0 Å². The molecule has 1 aromatic carbocycles. The lowest BCUT2D eigenvalue weighted by atomic mass is 9.84. The number of nitrogens with zero attached hydrogens (tertiary/aromatic N) is 3. The fourth-order valence-electron chi connectivity index (χ4n) is 4.21. The minimum Gasteiger partial charge on any atom is -0.321 e. The van der Waals surface area contributed by atoms with Gasteiger partial charge in [0.15, 0.2) is 0 Å². The molecule has 1 N–H and O–H groups in total. The number of aryl methyl sites for hydroxylation is 1. The fourth-order valence-corrected chi connectivity index (χ4v) is 4.21. The van der Waals surface area contributed by atoms with Crippen LogP contribution >= 0.6 is 0 Å². The second-order valence-corrected chi connectivity index (χ2v) is 9.67. The van der Waals surface area contributed by atoms with Crippen molar-refractivity contribution in [3.63, 3.8) is 0 Å². The monoisotopic (exact) mass is 462 g/mol. The van der Waals surface area contributed by atoms with Gasteiger partial charge in [-0.1, -0.05) is 33.8 Å². The Morgan fingerprint density at radius 2 is 1.67 bits per heavy atom. The number of likely N-dealkylation sites (N-methyl/N-ethyl adjacent to an activating group) is 1. The van der Waals surface area contributed by atoms with E-state index in [-0.39, 0.29) is 23.2 Å². The van der Waals surface area contributed by atoms with E-state index in [1.54, 1.807) is 6.07 Å². The lowest BCUT2D eigenvalue weighted by Crippen LogP contribution is -2.45. The topological polar surface area (TPSA) is 48.5 Å². The molecule has 3 rings (SSSR count). The molecule has 180 valence electrons. The molecule has 2 aromatic rings. The SMILES string of the molecule is CCN1CCN(Cc2cnc(C(=O)Nc3ccc(C)c(C(C)(C)C)c3)cc2C(F)(F)F)CC1. The molecule has 5 nitrogen and oxygen atoms in total. The number of hydrogen-bond acceptors (Lipinski definition) is 4. The zero-order valence-corrected chi connectivity index (χ0v) is 20.0. The number of benzene rings is 1. The fraction of sp³-hybridized carbons (Fsp3) is 0.520. The molecule has 1 aliphatic heterocycles. The van der Waals surface area contributed by atoms with Gasteiger partial charge in [0.1, 0.15) is 5.69 Å². The van der Waals surface area contributed by atoms with Gasteiger partial charge in [0.2, 0.25) is 0 Å². The lowest BCUT2D eigenvalue weighted by Gasteiger charge is -2.34. The third-order valence-corrected chi connectivity index (χ3v) is 6.13. The average molecular weight is 463 g/mol. The zero-order valence-electron chi connectivity index (χ0n) is 20.0. The van der Waals surface area contributed by atoms with Crippen LogP contribution in [0.1, 0.15) is 60.4 Å². The summed E-state index contributed by atoms with van der Waals surface area (Å²) in [6, 6.07) is 6.37. The zero-order chi connectivity index (χ0) is 24.4. The number of alkyl halides is 3. The minimum absolute atomic E-state index is 0.0920. The summed E-state index contributed by atoms with van der Waals surface area (Å²) in [6.07, 6.45) is -3.37. The van der Waals surface area contributed by atoms with Crippen LogP contribution in [0.15, 0.2) is 30.5 Å². The van der Waals surface area contributed by atoms with Crippen molar-refractivity contribution in [1.29, 1.82) is 0 Å². The molecule has 8 heteroatoms. The van der Waals surface area contributed by atoms with Gasteiger partial charge in [-0.3, -0.25) is 14.7 Å². The maximum atomic E-state index is 13.8. The van der Waals surface area contributed by atoms with Gasteiger partial charge in [0, 0.05) is 44.6 Å². The van der Waals surface area contributed by atoms with Crippen LogP contribution in [-0.2, 0) is 18.1 Å². The molecular formula is C25H33F3N4O. The average Bonchev–Trinajstić information content (AvgIpc) is 2.74.